The first-order valence-electron chi connectivity index (χ1n) is 7.46. The molecule has 1 unspecified atom stereocenters. The van der Waals surface area contributed by atoms with Crippen molar-refractivity contribution in [1.29, 1.82) is 0 Å². The van der Waals surface area contributed by atoms with Gasteiger partial charge in [0.25, 0.3) is 0 Å². The Morgan fingerprint density at radius 2 is 2.48 bits per heavy atom. The quantitative estimate of drug-likeness (QED) is 0.355. The Labute approximate surface area is 144 Å². The van der Waals surface area contributed by atoms with Gasteiger partial charge in [-0.15, -0.1) is 30.6 Å². The molecule has 0 bridgehead atoms. The molecule has 4 nitrogen and oxygen atoms in total. The minimum Gasteiger partial charge on any atom is -0.469 e. The fourth-order valence-corrected chi connectivity index (χ4v) is 2.54. The van der Waals surface area contributed by atoms with Crippen LogP contribution in [0.1, 0.15) is 25.5 Å². The second-order valence-electron chi connectivity index (χ2n) is 5.40. The molecule has 0 amide bonds. The zero-order chi connectivity index (χ0) is 14.2. The van der Waals surface area contributed by atoms with Gasteiger partial charge in [0.1, 0.15) is 5.76 Å². The Morgan fingerprint density at radius 3 is 3.14 bits per heavy atom. The predicted octanol–water partition coefficient (Wildman–Crippen LogP) is 3.30. The predicted molar refractivity (Wildman–Crippen MR) is 98.3 cm³/mol. The average molecular weight is 403 g/mol. The Bertz CT molecular complexity index is 431. The molecular weight excluding hydrogens is 377 g/mol. The van der Waals surface area contributed by atoms with Crippen LogP contribution in [0.3, 0.4) is 0 Å². The van der Waals surface area contributed by atoms with E-state index in [1.165, 1.54) is 12.8 Å². The third-order valence-corrected chi connectivity index (χ3v) is 3.56. The van der Waals surface area contributed by atoms with Gasteiger partial charge < -0.3 is 14.6 Å². The van der Waals surface area contributed by atoms with Crippen molar-refractivity contribution in [3.63, 3.8) is 0 Å². The number of rotatable bonds is 5. The lowest BCUT2D eigenvalue weighted by molar-refractivity contribution is 0.266. The number of piperidine rings is 1. The SMILES string of the molecule is C=CCNC(=NCCc1ccco1)N1CCCC(C)C1.I. The molecule has 1 aromatic heterocycles. The lowest BCUT2D eigenvalue weighted by Crippen LogP contribution is -2.46. The molecule has 0 radical (unpaired) electrons. The summed E-state index contributed by atoms with van der Waals surface area (Å²) < 4.78 is 5.34. The Balaban J connectivity index is 0.00000220. The fourth-order valence-electron chi connectivity index (χ4n) is 2.54. The molecule has 1 N–H and O–H groups in total. The summed E-state index contributed by atoms with van der Waals surface area (Å²) in [5.74, 6) is 2.73. The maximum atomic E-state index is 5.34. The number of halogens is 1. The molecule has 0 spiro atoms. The maximum absolute atomic E-state index is 5.34. The van der Waals surface area contributed by atoms with Crippen molar-refractivity contribution in [3.8, 4) is 0 Å². The van der Waals surface area contributed by atoms with E-state index in [2.05, 4.69) is 23.7 Å². The number of likely N-dealkylation sites (tertiary alicyclic amines) is 1. The van der Waals surface area contributed by atoms with Gasteiger partial charge in [-0.1, -0.05) is 13.0 Å². The van der Waals surface area contributed by atoms with E-state index in [0.717, 1.165) is 50.2 Å². The lowest BCUT2D eigenvalue weighted by atomic mass is 10.0. The molecule has 1 atom stereocenters. The molecular formula is C16H26IN3O. The molecule has 2 heterocycles. The fraction of sp³-hybridized carbons (Fsp3) is 0.562. The van der Waals surface area contributed by atoms with Crippen LogP contribution in [0.15, 0.2) is 40.5 Å². The zero-order valence-corrected chi connectivity index (χ0v) is 15.1. The van der Waals surface area contributed by atoms with E-state index in [4.69, 9.17) is 9.41 Å². The second-order valence-corrected chi connectivity index (χ2v) is 5.40. The first-order valence-corrected chi connectivity index (χ1v) is 7.46. The van der Waals surface area contributed by atoms with Gasteiger partial charge in [0.15, 0.2) is 5.96 Å². The van der Waals surface area contributed by atoms with Gasteiger partial charge >= 0.3 is 0 Å². The Hall–Kier alpha value is -0.980. The lowest BCUT2D eigenvalue weighted by Gasteiger charge is -2.33. The Kier molecular flexibility index (Phi) is 8.49. The summed E-state index contributed by atoms with van der Waals surface area (Å²) in [6.45, 7) is 9.75. The average Bonchev–Trinajstić information content (AvgIpc) is 2.96. The minimum absolute atomic E-state index is 0. The smallest absolute Gasteiger partial charge is 0.194 e. The molecule has 0 aliphatic carbocycles. The van der Waals surface area contributed by atoms with E-state index in [1.54, 1.807) is 6.26 Å². The summed E-state index contributed by atoms with van der Waals surface area (Å²) in [5, 5.41) is 3.37. The van der Waals surface area contributed by atoms with Crippen molar-refractivity contribution in [2.75, 3.05) is 26.2 Å². The number of nitrogens with one attached hydrogen (secondary N) is 1. The van der Waals surface area contributed by atoms with Crippen molar-refractivity contribution in [3.05, 3.63) is 36.8 Å². The molecule has 2 rings (SSSR count). The van der Waals surface area contributed by atoms with Gasteiger partial charge in [-0.2, -0.15) is 0 Å². The minimum atomic E-state index is 0. The highest BCUT2D eigenvalue weighted by molar-refractivity contribution is 14.0. The van der Waals surface area contributed by atoms with Crippen LogP contribution in [0.2, 0.25) is 0 Å². The van der Waals surface area contributed by atoms with Gasteiger partial charge in [0, 0.05) is 32.6 Å². The summed E-state index contributed by atoms with van der Waals surface area (Å²) >= 11 is 0. The number of nitrogens with zero attached hydrogens (tertiary/aromatic N) is 2. The van der Waals surface area contributed by atoms with Crippen LogP contribution in [0.5, 0.6) is 0 Å². The number of hydrogen-bond donors (Lipinski definition) is 1. The van der Waals surface area contributed by atoms with Crippen LogP contribution in [0.4, 0.5) is 0 Å². The molecule has 1 aromatic rings. The van der Waals surface area contributed by atoms with Crippen molar-refractivity contribution in [2.24, 2.45) is 10.9 Å². The second kappa shape index (κ2) is 9.87. The van der Waals surface area contributed by atoms with Crippen LogP contribution in [-0.2, 0) is 6.42 Å². The van der Waals surface area contributed by atoms with Crippen molar-refractivity contribution < 1.29 is 4.42 Å². The first kappa shape index (κ1) is 18.1. The maximum Gasteiger partial charge on any atom is 0.194 e. The van der Waals surface area contributed by atoms with Crippen molar-refractivity contribution in [2.45, 2.75) is 26.2 Å². The monoisotopic (exact) mass is 403 g/mol. The number of hydrogen-bond acceptors (Lipinski definition) is 2. The van der Waals surface area contributed by atoms with Crippen LogP contribution >= 0.6 is 24.0 Å². The zero-order valence-electron chi connectivity index (χ0n) is 12.8. The van der Waals surface area contributed by atoms with E-state index in [0.29, 0.717) is 0 Å². The third kappa shape index (κ3) is 6.11. The summed E-state index contributed by atoms with van der Waals surface area (Å²) in [4.78, 5) is 7.08. The van der Waals surface area contributed by atoms with E-state index in [-0.39, 0.29) is 24.0 Å². The number of aliphatic imine (C=N–C) groups is 1. The van der Waals surface area contributed by atoms with E-state index in [9.17, 15) is 0 Å². The summed E-state index contributed by atoms with van der Waals surface area (Å²) in [6, 6.07) is 3.91. The number of guanidine groups is 1. The number of furan rings is 1. The normalized spacial score (nSPS) is 19.0. The molecule has 1 aliphatic rings. The first-order chi connectivity index (χ1) is 9.79. The molecule has 0 saturated carbocycles. The molecule has 0 aromatic carbocycles. The summed E-state index contributed by atoms with van der Waals surface area (Å²) in [5.41, 5.74) is 0. The van der Waals surface area contributed by atoms with E-state index < -0.39 is 0 Å². The molecule has 21 heavy (non-hydrogen) atoms. The molecule has 1 aliphatic heterocycles. The van der Waals surface area contributed by atoms with E-state index in [1.807, 2.05) is 18.2 Å². The van der Waals surface area contributed by atoms with Crippen molar-refractivity contribution >= 4 is 29.9 Å². The molecule has 5 heteroatoms. The van der Waals surface area contributed by atoms with Gasteiger partial charge in [0.2, 0.25) is 0 Å². The molecule has 1 saturated heterocycles. The van der Waals surface area contributed by atoms with Gasteiger partial charge in [-0.25, -0.2) is 0 Å². The largest absolute Gasteiger partial charge is 0.469 e. The Morgan fingerprint density at radius 1 is 1.62 bits per heavy atom. The standard InChI is InChI=1S/C16H25N3O.HI/c1-3-9-17-16(19-11-4-6-14(2)13-19)18-10-8-15-7-5-12-20-15;/h3,5,7,12,14H,1,4,6,8-11,13H2,2H3,(H,17,18);1H. The highest BCUT2D eigenvalue weighted by Crippen LogP contribution is 2.15. The van der Waals surface area contributed by atoms with Crippen molar-refractivity contribution in [1.82, 2.24) is 10.2 Å². The topological polar surface area (TPSA) is 40.8 Å². The summed E-state index contributed by atoms with van der Waals surface area (Å²) in [7, 11) is 0. The van der Waals surface area contributed by atoms with E-state index >= 15 is 0 Å². The van der Waals surface area contributed by atoms with Crippen LogP contribution < -0.4 is 5.32 Å². The van der Waals surface area contributed by atoms with Gasteiger partial charge in [0.05, 0.1) is 6.26 Å². The third-order valence-electron chi connectivity index (χ3n) is 3.56. The highest BCUT2D eigenvalue weighted by atomic mass is 127. The molecule has 1 fully saturated rings. The molecule has 118 valence electrons. The highest BCUT2D eigenvalue weighted by Gasteiger charge is 2.18. The van der Waals surface area contributed by atoms with Gasteiger partial charge in [-0.3, -0.25) is 4.99 Å². The van der Waals surface area contributed by atoms with Crippen LogP contribution in [0.25, 0.3) is 0 Å². The van der Waals surface area contributed by atoms with Gasteiger partial charge in [-0.05, 0) is 30.9 Å². The van der Waals surface area contributed by atoms with Crippen LogP contribution in [-0.4, -0.2) is 37.0 Å². The summed E-state index contributed by atoms with van der Waals surface area (Å²) in [6.07, 6.45) is 6.99. The van der Waals surface area contributed by atoms with Crippen LogP contribution in [0, 0.1) is 5.92 Å².